The van der Waals surface area contributed by atoms with Crippen molar-refractivity contribution in [3.05, 3.63) is 59.7 Å². The SMILES string of the molecule is Cc1ccc([C@@H](C(=O)NC2CCC(C)CC2)N(C[C@H]2COc3ccccc3O2)C(=O)CCl)cc1. The van der Waals surface area contributed by atoms with Crippen LogP contribution < -0.4 is 14.8 Å². The third-order valence-corrected chi connectivity index (χ3v) is 6.95. The second-order valence-corrected chi connectivity index (χ2v) is 9.72. The Hall–Kier alpha value is -2.73. The molecule has 1 aliphatic carbocycles. The van der Waals surface area contributed by atoms with Crippen molar-refractivity contribution in [1.29, 1.82) is 0 Å². The highest BCUT2D eigenvalue weighted by atomic mass is 35.5. The summed E-state index contributed by atoms with van der Waals surface area (Å²) in [6.07, 6.45) is 3.67. The quantitative estimate of drug-likeness (QED) is 0.581. The lowest BCUT2D eigenvalue weighted by Crippen LogP contribution is -2.51. The third kappa shape index (κ3) is 5.84. The summed E-state index contributed by atoms with van der Waals surface area (Å²) in [5, 5.41) is 3.22. The van der Waals surface area contributed by atoms with Gasteiger partial charge in [-0.2, -0.15) is 0 Å². The van der Waals surface area contributed by atoms with Gasteiger partial charge >= 0.3 is 0 Å². The van der Waals surface area contributed by atoms with Crippen LogP contribution in [-0.2, 0) is 9.59 Å². The number of nitrogens with zero attached hydrogens (tertiary/aromatic N) is 1. The van der Waals surface area contributed by atoms with Crippen LogP contribution in [0, 0.1) is 12.8 Å². The Labute approximate surface area is 206 Å². The maximum atomic E-state index is 13.7. The number of carbonyl (C=O) groups excluding carboxylic acids is 2. The Morgan fingerprint density at radius 1 is 1.06 bits per heavy atom. The van der Waals surface area contributed by atoms with E-state index >= 15 is 0 Å². The summed E-state index contributed by atoms with van der Waals surface area (Å²) in [5.74, 6) is 1.27. The maximum absolute atomic E-state index is 13.7. The van der Waals surface area contributed by atoms with Crippen LogP contribution in [0.4, 0.5) is 0 Å². The van der Waals surface area contributed by atoms with Crippen molar-refractivity contribution in [2.45, 2.75) is 57.7 Å². The predicted octanol–water partition coefficient (Wildman–Crippen LogP) is 4.64. The first-order valence-corrected chi connectivity index (χ1v) is 12.6. The zero-order valence-corrected chi connectivity index (χ0v) is 20.6. The smallest absolute Gasteiger partial charge is 0.247 e. The molecule has 4 rings (SSSR count). The lowest BCUT2D eigenvalue weighted by atomic mass is 9.87. The Kier molecular flexibility index (Phi) is 7.99. The first kappa shape index (κ1) is 24.4. The number of halogens is 1. The van der Waals surface area contributed by atoms with Gasteiger partial charge in [0.15, 0.2) is 17.6 Å². The van der Waals surface area contributed by atoms with E-state index in [0.717, 1.165) is 36.8 Å². The Morgan fingerprint density at radius 2 is 1.74 bits per heavy atom. The highest BCUT2D eigenvalue weighted by Gasteiger charge is 2.35. The lowest BCUT2D eigenvalue weighted by molar-refractivity contribution is -0.141. The number of hydrogen-bond acceptors (Lipinski definition) is 4. The minimum atomic E-state index is -0.799. The highest BCUT2D eigenvalue weighted by molar-refractivity contribution is 6.27. The number of nitrogens with one attached hydrogen (secondary N) is 1. The fourth-order valence-corrected chi connectivity index (χ4v) is 4.86. The van der Waals surface area contributed by atoms with Gasteiger partial charge in [0, 0.05) is 6.04 Å². The van der Waals surface area contributed by atoms with E-state index in [-0.39, 0.29) is 36.9 Å². The monoisotopic (exact) mass is 484 g/mol. The molecule has 34 heavy (non-hydrogen) atoms. The fraction of sp³-hybridized carbons (Fsp3) is 0.481. The number of fused-ring (bicyclic) bond motifs is 1. The average Bonchev–Trinajstić information content (AvgIpc) is 2.85. The van der Waals surface area contributed by atoms with E-state index in [1.807, 2.05) is 55.5 Å². The van der Waals surface area contributed by atoms with E-state index in [1.54, 1.807) is 4.90 Å². The van der Waals surface area contributed by atoms with Crippen LogP contribution >= 0.6 is 11.6 Å². The first-order valence-electron chi connectivity index (χ1n) is 12.1. The molecule has 0 radical (unpaired) electrons. The number of hydrogen-bond donors (Lipinski definition) is 1. The summed E-state index contributed by atoms with van der Waals surface area (Å²) in [6, 6.07) is 14.5. The molecule has 0 aromatic heterocycles. The highest BCUT2D eigenvalue weighted by Crippen LogP contribution is 2.32. The molecule has 0 unspecified atom stereocenters. The van der Waals surface area contributed by atoms with Crippen molar-refractivity contribution >= 4 is 23.4 Å². The van der Waals surface area contributed by atoms with Crippen LogP contribution in [0.5, 0.6) is 11.5 Å². The van der Waals surface area contributed by atoms with Gasteiger partial charge in [0.1, 0.15) is 18.5 Å². The summed E-state index contributed by atoms with van der Waals surface area (Å²) in [6.45, 7) is 4.71. The van der Waals surface area contributed by atoms with Gasteiger partial charge in [-0.25, -0.2) is 0 Å². The van der Waals surface area contributed by atoms with Gasteiger partial charge < -0.3 is 19.7 Å². The first-order chi connectivity index (χ1) is 16.4. The van der Waals surface area contributed by atoms with E-state index in [0.29, 0.717) is 17.4 Å². The van der Waals surface area contributed by atoms with Crippen molar-refractivity contribution in [3.8, 4) is 11.5 Å². The van der Waals surface area contributed by atoms with E-state index in [4.69, 9.17) is 21.1 Å². The van der Waals surface area contributed by atoms with Crippen molar-refractivity contribution in [1.82, 2.24) is 10.2 Å². The number of carbonyl (C=O) groups is 2. The van der Waals surface area contributed by atoms with Crippen LogP contribution in [0.2, 0.25) is 0 Å². The number of alkyl halides is 1. The summed E-state index contributed by atoms with van der Waals surface area (Å²) in [5.41, 5.74) is 1.84. The molecular weight excluding hydrogens is 452 g/mol. The van der Waals surface area contributed by atoms with Crippen molar-refractivity contribution < 1.29 is 19.1 Å². The molecule has 2 aromatic carbocycles. The molecule has 2 aromatic rings. The maximum Gasteiger partial charge on any atom is 0.247 e. The Bertz CT molecular complexity index is 988. The topological polar surface area (TPSA) is 67.9 Å². The molecule has 182 valence electrons. The zero-order valence-electron chi connectivity index (χ0n) is 19.8. The van der Waals surface area contributed by atoms with Crippen molar-refractivity contribution in [3.63, 3.8) is 0 Å². The minimum absolute atomic E-state index is 0.116. The van der Waals surface area contributed by atoms with Gasteiger partial charge in [-0.1, -0.05) is 48.9 Å². The van der Waals surface area contributed by atoms with Crippen molar-refractivity contribution in [2.75, 3.05) is 19.0 Å². The number of benzene rings is 2. The largest absolute Gasteiger partial charge is 0.486 e. The van der Waals surface area contributed by atoms with Crippen LogP contribution in [0.15, 0.2) is 48.5 Å². The second kappa shape index (κ2) is 11.1. The molecule has 1 aliphatic heterocycles. The van der Waals surface area contributed by atoms with E-state index in [9.17, 15) is 9.59 Å². The molecular formula is C27H33ClN2O4. The standard InChI is InChI=1S/C27H33ClN2O4/c1-18-7-11-20(12-8-18)26(27(32)29-21-13-9-19(2)10-14-21)30(25(31)15-28)16-22-17-33-23-5-3-4-6-24(23)34-22/h3-8,11-12,19,21-22,26H,9-10,13-17H2,1-2H3,(H,29,32)/t19?,21?,22-,26-/m0/s1. The molecule has 0 spiro atoms. The van der Waals surface area contributed by atoms with Crippen LogP contribution in [0.25, 0.3) is 0 Å². The molecule has 0 saturated heterocycles. The normalized spacial score (nSPS) is 22.5. The summed E-state index contributed by atoms with van der Waals surface area (Å²) in [7, 11) is 0. The average molecular weight is 485 g/mol. The Balaban J connectivity index is 1.58. The van der Waals surface area contributed by atoms with Crippen LogP contribution in [0.3, 0.4) is 0 Å². The van der Waals surface area contributed by atoms with Gasteiger partial charge in [0.2, 0.25) is 11.8 Å². The predicted molar refractivity (Wildman–Crippen MR) is 132 cm³/mol. The van der Waals surface area contributed by atoms with E-state index in [1.165, 1.54) is 0 Å². The fourth-order valence-electron chi connectivity index (χ4n) is 4.71. The molecule has 0 bridgehead atoms. The molecule has 1 saturated carbocycles. The Morgan fingerprint density at radius 3 is 2.41 bits per heavy atom. The number of ether oxygens (including phenoxy) is 2. The second-order valence-electron chi connectivity index (χ2n) is 9.46. The molecule has 1 fully saturated rings. The number of amides is 2. The van der Waals surface area contributed by atoms with E-state index < -0.39 is 12.1 Å². The number of aryl methyl sites for hydroxylation is 1. The molecule has 6 nitrogen and oxygen atoms in total. The molecule has 2 aliphatic rings. The summed E-state index contributed by atoms with van der Waals surface area (Å²) in [4.78, 5) is 28.3. The third-order valence-electron chi connectivity index (χ3n) is 6.72. The van der Waals surface area contributed by atoms with Gasteiger partial charge in [0.25, 0.3) is 0 Å². The zero-order chi connectivity index (χ0) is 24.1. The number of rotatable bonds is 7. The van der Waals surface area contributed by atoms with E-state index in [2.05, 4.69) is 12.2 Å². The van der Waals surface area contributed by atoms with Gasteiger partial charge in [-0.3, -0.25) is 9.59 Å². The minimum Gasteiger partial charge on any atom is -0.486 e. The van der Waals surface area contributed by atoms with Crippen molar-refractivity contribution in [2.24, 2.45) is 5.92 Å². The summed E-state index contributed by atoms with van der Waals surface area (Å²) >= 11 is 6.02. The van der Waals surface area contributed by atoms with Gasteiger partial charge in [-0.15, -0.1) is 11.6 Å². The molecule has 1 heterocycles. The molecule has 2 amide bonds. The molecule has 2 atom stereocenters. The lowest BCUT2D eigenvalue weighted by Gasteiger charge is -2.36. The van der Waals surface area contributed by atoms with Gasteiger partial charge in [0.05, 0.1) is 6.54 Å². The summed E-state index contributed by atoms with van der Waals surface area (Å²) < 4.78 is 12.0. The van der Waals surface area contributed by atoms with Gasteiger partial charge in [-0.05, 0) is 56.2 Å². The number of para-hydroxylation sites is 2. The van der Waals surface area contributed by atoms with Crippen LogP contribution in [0.1, 0.15) is 49.8 Å². The molecule has 1 N–H and O–H groups in total. The molecule has 7 heteroatoms. The van der Waals surface area contributed by atoms with Crippen LogP contribution in [-0.4, -0.2) is 47.9 Å².